The van der Waals surface area contributed by atoms with Crippen LogP contribution in [0, 0.1) is 0 Å². The van der Waals surface area contributed by atoms with Gasteiger partial charge in [0.25, 0.3) is 0 Å². The molecule has 0 saturated carbocycles. The van der Waals surface area contributed by atoms with E-state index in [2.05, 4.69) is 43.0 Å². The number of aliphatic hydroxyl groups excluding tert-OH is 1. The minimum atomic E-state index is -0.660. The summed E-state index contributed by atoms with van der Waals surface area (Å²) in [5, 5.41) is 9.69. The number of fused-ring (bicyclic) bond motifs is 1. The zero-order valence-corrected chi connectivity index (χ0v) is 14.0. The molecule has 0 bridgehead atoms. The lowest BCUT2D eigenvalue weighted by Gasteiger charge is -2.30. The van der Waals surface area contributed by atoms with Gasteiger partial charge in [0.2, 0.25) is 0 Å². The van der Waals surface area contributed by atoms with Crippen LogP contribution in [0.1, 0.15) is 30.0 Å². The van der Waals surface area contributed by atoms with Crippen molar-refractivity contribution in [2.24, 2.45) is 0 Å². The summed E-state index contributed by atoms with van der Waals surface area (Å²) in [4.78, 5) is 19.0. The van der Waals surface area contributed by atoms with Crippen molar-refractivity contribution in [3.05, 3.63) is 66.1 Å². The smallest absolute Gasteiger partial charge is 0.158 e. The van der Waals surface area contributed by atoms with E-state index in [1.54, 1.807) is 19.4 Å². The molecular formula is C19H19N5O. The molecule has 1 unspecified atom stereocenters. The van der Waals surface area contributed by atoms with Gasteiger partial charge in [0.05, 0.1) is 0 Å². The van der Waals surface area contributed by atoms with Gasteiger partial charge < -0.3 is 10.0 Å². The van der Waals surface area contributed by atoms with Gasteiger partial charge in [0.1, 0.15) is 18.2 Å². The maximum atomic E-state index is 9.69. The van der Waals surface area contributed by atoms with Gasteiger partial charge >= 0.3 is 0 Å². The molecule has 0 saturated heterocycles. The molecule has 1 aliphatic heterocycles. The average Bonchev–Trinajstić information content (AvgIpc) is 2.68. The molecule has 0 aliphatic carbocycles. The Morgan fingerprint density at radius 1 is 1.08 bits per heavy atom. The third kappa shape index (κ3) is 3.21. The monoisotopic (exact) mass is 333 g/mol. The largest absolute Gasteiger partial charge is 0.385 e. The van der Waals surface area contributed by atoms with Gasteiger partial charge in [0.15, 0.2) is 5.82 Å². The van der Waals surface area contributed by atoms with Crippen LogP contribution in [0.2, 0.25) is 0 Å². The van der Waals surface area contributed by atoms with Crippen molar-refractivity contribution < 1.29 is 5.11 Å². The van der Waals surface area contributed by atoms with Crippen molar-refractivity contribution in [2.45, 2.75) is 26.0 Å². The molecule has 0 radical (unpaired) electrons. The second-order valence-corrected chi connectivity index (χ2v) is 6.23. The first kappa shape index (κ1) is 15.7. The summed E-state index contributed by atoms with van der Waals surface area (Å²) in [5.74, 6) is 1.32. The third-order valence-corrected chi connectivity index (χ3v) is 4.47. The van der Waals surface area contributed by atoms with Crippen molar-refractivity contribution in [2.75, 3.05) is 11.4 Å². The summed E-state index contributed by atoms with van der Waals surface area (Å²) >= 11 is 0. The van der Waals surface area contributed by atoms with E-state index in [4.69, 9.17) is 0 Å². The lowest BCUT2D eigenvalue weighted by molar-refractivity contribution is 0.189. The molecule has 25 heavy (non-hydrogen) atoms. The Hall–Kier alpha value is -2.86. The molecule has 2 aromatic heterocycles. The van der Waals surface area contributed by atoms with Crippen LogP contribution in [0.3, 0.4) is 0 Å². The molecule has 6 nitrogen and oxygen atoms in total. The molecule has 126 valence electrons. The van der Waals surface area contributed by atoms with Crippen LogP contribution < -0.4 is 4.90 Å². The standard InChI is InChI=1S/C19H19N5O/c1-13(25)19-22-6-4-18(23-19)24-7-5-15-8-14(2-3-16(15)11-24)17-9-20-12-21-10-17/h2-4,6,8-10,12-13,25H,5,7,11H2,1H3. The van der Waals surface area contributed by atoms with Crippen molar-refractivity contribution in [1.82, 2.24) is 19.9 Å². The van der Waals surface area contributed by atoms with E-state index in [1.165, 1.54) is 11.1 Å². The molecule has 1 N–H and O–H groups in total. The van der Waals surface area contributed by atoms with Gasteiger partial charge in [-0.3, -0.25) is 0 Å². The predicted octanol–water partition coefficient (Wildman–Crippen LogP) is 2.55. The van der Waals surface area contributed by atoms with Crippen LogP contribution in [-0.4, -0.2) is 31.6 Å². The predicted molar refractivity (Wildman–Crippen MR) is 94.9 cm³/mol. The van der Waals surface area contributed by atoms with Crippen LogP contribution in [-0.2, 0) is 13.0 Å². The van der Waals surface area contributed by atoms with E-state index < -0.39 is 6.10 Å². The topological polar surface area (TPSA) is 75.0 Å². The normalized spacial score (nSPS) is 14.9. The highest BCUT2D eigenvalue weighted by molar-refractivity contribution is 5.63. The number of rotatable bonds is 3. The van der Waals surface area contributed by atoms with E-state index >= 15 is 0 Å². The molecule has 1 aromatic carbocycles. The summed E-state index contributed by atoms with van der Waals surface area (Å²) in [5.41, 5.74) is 4.82. The van der Waals surface area contributed by atoms with Crippen LogP contribution in [0.15, 0.2) is 49.2 Å². The second kappa shape index (κ2) is 6.57. The van der Waals surface area contributed by atoms with E-state index in [9.17, 15) is 5.11 Å². The van der Waals surface area contributed by atoms with Crippen molar-refractivity contribution >= 4 is 5.82 Å². The van der Waals surface area contributed by atoms with Gasteiger partial charge in [-0.1, -0.05) is 18.2 Å². The number of hydrogen-bond acceptors (Lipinski definition) is 6. The lowest BCUT2D eigenvalue weighted by atomic mass is 9.95. The molecule has 0 fully saturated rings. The number of aromatic nitrogens is 4. The zero-order chi connectivity index (χ0) is 17.2. The molecule has 3 heterocycles. The van der Waals surface area contributed by atoms with Gasteiger partial charge in [-0.15, -0.1) is 0 Å². The molecule has 0 amide bonds. The fraction of sp³-hybridized carbons (Fsp3) is 0.263. The van der Waals surface area contributed by atoms with E-state index in [1.807, 2.05) is 18.5 Å². The minimum Gasteiger partial charge on any atom is -0.385 e. The Labute approximate surface area is 146 Å². The lowest BCUT2D eigenvalue weighted by Crippen LogP contribution is -2.31. The Bertz CT molecular complexity index is 882. The summed E-state index contributed by atoms with van der Waals surface area (Å²) in [7, 11) is 0. The van der Waals surface area contributed by atoms with Crippen molar-refractivity contribution in [3.8, 4) is 11.1 Å². The Morgan fingerprint density at radius 3 is 2.72 bits per heavy atom. The van der Waals surface area contributed by atoms with Gasteiger partial charge in [-0.2, -0.15) is 0 Å². The zero-order valence-electron chi connectivity index (χ0n) is 14.0. The quantitative estimate of drug-likeness (QED) is 0.794. The molecule has 4 rings (SSSR count). The van der Waals surface area contributed by atoms with Crippen molar-refractivity contribution in [3.63, 3.8) is 0 Å². The number of nitrogens with zero attached hydrogens (tertiary/aromatic N) is 5. The molecule has 6 heteroatoms. The van der Waals surface area contributed by atoms with E-state index in [-0.39, 0.29) is 0 Å². The number of benzene rings is 1. The van der Waals surface area contributed by atoms with Gasteiger partial charge in [0, 0.05) is 37.2 Å². The summed E-state index contributed by atoms with van der Waals surface area (Å²) in [6, 6.07) is 8.40. The van der Waals surface area contributed by atoms with Gasteiger partial charge in [-0.05, 0) is 36.1 Å². The van der Waals surface area contributed by atoms with E-state index in [0.29, 0.717) is 5.82 Å². The SMILES string of the molecule is CC(O)c1nccc(N2CCc3cc(-c4cncnc4)ccc3C2)n1. The average molecular weight is 333 g/mol. The van der Waals surface area contributed by atoms with Gasteiger partial charge in [-0.25, -0.2) is 19.9 Å². The number of anilines is 1. The fourth-order valence-corrected chi connectivity index (χ4v) is 3.12. The van der Waals surface area contributed by atoms with E-state index in [0.717, 1.165) is 36.5 Å². The van der Waals surface area contributed by atoms with Crippen molar-refractivity contribution in [1.29, 1.82) is 0 Å². The highest BCUT2D eigenvalue weighted by Crippen LogP contribution is 2.27. The first-order valence-electron chi connectivity index (χ1n) is 8.34. The van der Waals surface area contributed by atoms with Crippen LogP contribution >= 0.6 is 0 Å². The Kier molecular flexibility index (Phi) is 4.11. The molecule has 1 atom stereocenters. The molecule has 3 aromatic rings. The first-order valence-corrected chi connectivity index (χ1v) is 8.34. The summed E-state index contributed by atoms with van der Waals surface area (Å²) < 4.78 is 0. The van der Waals surface area contributed by atoms with Crippen LogP contribution in [0.5, 0.6) is 0 Å². The maximum absolute atomic E-state index is 9.69. The Morgan fingerprint density at radius 2 is 1.92 bits per heavy atom. The molecular weight excluding hydrogens is 314 g/mol. The third-order valence-electron chi connectivity index (χ3n) is 4.47. The minimum absolute atomic E-state index is 0.461. The fourth-order valence-electron chi connectivity index (χ4n) is 3.12. The highest BCUT2D eigenvalue weighted by Gasteiger charge is 2.19. The highest BCUT2D eigenvalue weighted by atomic mass is 16.3. The first-order chi connectivity index (χ1) is 12.2. The Balaban J connectivity index is 1.59. The maximum Gasteiger partial charge on any atom is 0.158 e. The number of aliphatic hydroxyl groups is 1. The second-order valence-electron chi connectivity index (χ2n) is 6.23. The van der Waals surface area contributed by atoms with Crippen LogP contribution in [0.25, 0.3) is 11.1 Å². The molecule has 0 spiro atoms. The summed E-state index contributed by atoms with van der Waals surface area (Å²) in [6.45, 7) is 3.37. The number of hydrogen-bond donors (Lipinski definition) is 1. The molecule has 1 aliphatic rings. The summed E-state index contributed by atoms with van der Waals surface area (Å²) in [6.07, 6.45) is 7.21. The van der Waals surface area contributed by atoms with Crippen LogP contribution in [0.4, 0.5) is 5.82 Å².